The maximum absolute atomic E-state index is 13.7. The third-order valence-corrected chi connectivity index (χ3v) is 7.71. The van der Waals surface area contributed by atoms with Gasteiger partial charge in [-0.3, -0.25) is 4.90 Å². The van der Waals surface area contributed by atoms with Crippen LogP contribution in [0.4, 0.5) is 35.2 Å². The molecule has 3 aliphatic rings. The van der Waals surface area contributed by atoms with Crippen LogP contribution < -0.4 is 19.9 Å². The molecule has 2 unspecified atom stereocenters. The van der Waals surface area contributed by atoms with Crippen molar-refractivity contribution in [2.45, 2.75) is 50.8 Å². The zero-order valence-corrected chi connectivity index (χ0v) is 23.7. The topological polar surface area (TPSA) is 89.1 Å². The van der Waals surface area contributed by atoms with Crippen molar-refractivity contribution >= 4 is 34.8 Å². The fourth-order valence-corrected chi connectivity index (χ4v) is 5.75. The standard InChI is InChI=1S/C29H29ClF3N5O4/c1-28(2)41-16-21(42-28)15-40-24-9-8-19(13-34-24)35-27(39)38-20-7-4-10-37(14-20)23-12-22(30)25(36-26(23)38)17-5-3-6-18(11-17)29(31,32)33/h3,5-6,8-9,11-13,20-21H,4,7,10,14-16H2,1-2H3,(H,35,39). The number of carbonyl (C=O) groups is 1. The molecule has 6 rings (SSSR count). The van der Waals surface area contributed by atoms with E-state index in [1.54, 1.807) is 23.1 Å². The Balaban J connectivity index is 1.23. The fourth-order valence-electron chi connectivity index (χ4n) is 5.49. The highest BCUT2D eigenvalue weighted by Gasteiger charge is 2.39. The van der Waals surface area contributed by atoms with Gasteiger partial charge in [-0.25, -0.2) is 14.8 Å². The normalized spacial score (nSPS) is 21.2. The third-order valence-electron chi connectivity index (χ3n) is 7.42. The second-order valence-corrected chi connectivity index (χ2v) is 11.3. The van der Waals surface area contributed by atoms with E-state index in [1.807, 2.05) is 13.8 Å². The molecule has 2 saturated heterocycles. The molecule has 3 aliphatic heterocycles. The number of benzene rings is 1. The van der Waals surface area contributed by atoms with Crippen LogP contribution in [-0.2, 0) is 15.7 Å². The zero-order chi connectivity index (χ0) is 29.6. The van der Waals surface area contributed by atoms with Crippen LogP contribution in [0.25, 0.3) is 11.3 Å². The van der Waals surface area contributed by atoms with E-state index in [2.05, 4.69) is 20.2 Å². The molecule has 5 heterocycles. The zero-order valence-electron chi connectivity index (χ0n) is 22.9. The number of halogens is 4. The molecule has 2 fully saturated rings. The summed E-state index contributed by atoms with van der Waals surface area (Å²) in [4.78, 5) is 26.3. The number of piperidine rings is 1. The number of nitrogens with one attached hydrogen (secondary N) is 1. The summed E-state index contributed by atoms with van der Waals surface area (Å²) in [7, 11) is 0. The largest absolute Gasteiger partial charge is 0.475 e. The second-order valence-electron chi connectivity index (χ2n) is 10.9. The SMILES string of the molecule is CC1(C)OCC(COc2ccc(NC(=O)N3c4nc(-c5cccc(C(F)(F)F)c5)c(Cl)cc4N4CCCC3C4)cn2)O1. The summed E-state index contributed by atoms with van der Waals surface area (Å²) in [5.74, 6) is 0.0657. The molecule has 42 heavy (non-hydrogen) atoms. The lowest BCUT2D eigenvalue weighted by molar-refractivity contribution is -0.141. The van der Waals surface area contributed by atoms with Crippen LogP contribution >= 0.6 is 11.6 Å². The van der Waals surface area contributed by atoms with E-state index in [4.69, 9.17) is 25.8 Å². The Hall–Kier alpha value is -3.61. The predicted molar refractivity (Wildman–Crippen MR) is 151 cm³/mol. The molecule has 9 nitrogen and oxygen atoms in total. The van der Waals surface area contributed by atoms with Gasteiger partial charge in [0.2, 0.25) is 5.88 Å². The number of nitrogens with zero attached hydrogens (tertiary/aromatic N) is 4. The number of anilines is 3. The molecule has 3 aromatic rings. The summed E-state index contributed by atoms with van der Waals surface area (Å²) in [5.41, 5.74) is 0.676. The van der Waals surface area contributed by atoms with Crippen molar-refractivity contribution in [2.24, 2.45) is 0 Å². The fraction of sp³-hybridized carbons (Fsp3) is 0.414. The molecule has 2 bridgehead atoms. The number of pyridine rings is 2. The summed E-state index contributed by atoms with van der Waals surface area (Å²) in [6.07, 6.45) is -1.62. The Labute approximate surface area is 245 Å². The maximum Gasteiger partial charge on any atom is 0.416 e. The Kier molecular flexibility index (Phi) is 7.40. The number of ether oxygens (including phenoxy) is 3. The van der Waals surface area contributed by atoms with Crippen molar-refractivity contribution < 1.29 is 32.2 Å². The van der Waals surface area contributed by atoms with Gasteiger partial charge >= 0.3 is 12.2 Å². The second kappa shape index (κ2) is 10.9. The number of alkyl halides is 3. The highest BCUT2D eigenvalue weighted by molar-refractivity contribution is 6.33. The van der Waals surface area contributed by atoms with E-state index < -0.39 is 23.6 Å². The van der Waals surface area contributed by atoms with Crippen molar-refractivity contribution in [2.75, 3.05) is 41.4 Å². The first kappa shape index (κ1) is 28.5. The van der Waals surface area contributed by atoms with Gasteiger partial charge in [-0.15, -0.1) is 0 Å². The van der Waals surface area contributed by atoms with Crippen molar-refractivity contribution in [1.29, 1.82) is 0 Å². The molecule has 0 saturated carbocycles. The van der Waals surface area contributed by atoms with Crippen molar-refractivity contribution in [3.63, 3.8) is 0 Å². The Morgan fingerprint density at radius 1 is 1.24 bits per heavy atom. The van der Waals surface area contributed by atoms with Crippen LogP contribution in [0.3, 0.4) is 0 Å². The lowest BCUT2D eigenvalue weighted by Crippen LogP contribution is -2.56. The van der Waals surface area contributed by atoms with Crippen molar-refractivity contribution in [3.8, 4) is 17.1 Å². The number of hydrogen-bond acceptors (Lipinski definition) is 7. The summed E-state index contributed by atoms with van der Waals surface area (Å²) < 4.78 is 57.2. The average molecular weight is 604 g/mol. The van der Waals surface area contributed by atoms with Crippen LogP contribution in [0.2, 0.25) is 5.02 Å². The Morgan fingerprint density at radius 2 is 2.07 bits per heavy atom. The molecule has 0 radical (unpaired) electrons. The van der Waals surface area contributed by atoms with Gasteiger partial charge in [-0.2, -0.15) is 13.2 Å². The van der Waals surface area contributed by atoms with Crippen LogP contribution in [0.5, 0.6) is 5.88 Å². The number of urea groups is 1. The van der Waals surface area contributed by atoms with E-state index in [0.717, 1.165) is 31.5 Å². The van der Waals surface area contributed by atoms with Gasteiger partial charge in [0.05, 0.1) is 46.5 Å². The molecule has 13 heteroatoms. The van der Waals surface area contributed by atoms with E-state index in [0.29, 0.717) is 36.2 Å². The van der Waals surface area contributed by atoms with Crippen LogP contribution in [0, 0.1) is 0 Å². The highest BCUT2D eigenvalue weighted by Crippen LogP contribution is 2.43. The molecule has 1 aromatic carbocycles. The van der Waals surface area contributed by atoms with Crippen LogP contribution in [-0.4, -0.2) is 60.2 Å². The summed E-state index contributed by atoms with van der Waals surface area (Å²) in [6, 6.07) is 9.23. The van der Waals surface area contributed by atoms with Gasteiger partial charge in [0.15, 0.2) is 11.6 Å². The quantitative estimate of drug-likeness (QED) is 0.363. The molecule has 2 aromatic heterocycles. The number of aromatic nitrogens is 2. The van der Waals surface area contributed by atoms with Gasteiger partial charge in [0.1, 0.15) is 12.7 Å². The smallest absolute Gasteiger partial charge is 0.416 e. The summed E-state index contributed by atoms with van der Waals surface area (Å²) >= 11 is 6.57. The molecular weight excluding hydrogens is 575 g/mol. The highest BCUT2D eigenvalue weighted by atomic mass is 35.5. The van der Waals surface area contributed by atoms with Gasteiger partial charge in [0, 0.05) is 24.7 Å². The molecule has 2 atom stereocenters. The van der Waals surface area contributed by atoms with Crippen LogP contribution in [0.1, 0.15) is 32.3 Å². The minimum absolute atomic E-state index is 0.170. The van der Waals surface area contributed by atoms with Gasteiger partial charge in [-0.05, 0) is 51.0 Å². The summed E-state index contributed by atoms with van der Waals surface area (Å²) in [5, 5.41) is 3.08. The molecule has 2 amide bonds. The molecule has 0 spiro atoms. The Morgan fingerprint density at radius 3 is 2.79 bits per heavy atom. The summed E-state index contributed by atoms with van der Waals surface area (Å²) in [6.45, 7) is 5.73. The molecular formula is C29H29ClF3N5O4. The number of hydrogen-bond donors (Lipinski definition) is 1. The van der Waals surface area contributed by atoms with Crippen molar-refractivity contribution in [1.82, 2.24) is 9.97 Å². The van der Waals surface area contributed by atoms with E-state index in [-0.39, 0.29) is 35.0 Å². The lowest BCUT2D eigenvalue weighted by atomic mass is 9.99. The number of rotatable bonds is 5. The maximum atomic E-state index is 13.7. The predicted octanol–water partition coefficient (Wildman–Crippen LogP) is 6.37. The van der Waals surface area contributed by atoms with E-state index in [9.17, 15) is 18.0 Å². The number of fused-ring (bicyclic) bond motifs is 4. The van der Waals surface area contributed by atoms with Gasteiger partial charge in [0.25, 0.3) is 0 Å². The minimum atomic E-state index is -4.52. The van der Waals surface area contributed by atoms with E-state index in [1.165, 1.54) is 18.3 Å². The van der Waals surface area contributed by atoms with Gasteiger partial charge < -0.3 is 24.4 Å². The molecule has 1 N–H and O–H groups in total. The first-order chi connectivity index (χ1) is 20.0. The first-order valence-corrected chi connectivity index (χ1v) is 14.0. The minimum Gasteiger partial charge on any atom is -0.475 e. The van der Waals surface area contributed by atoms with Gasteiger partial charge in [-0.1, -0.05) is 23.7 Å². The molecule has 222 valence electrons. The monoisotopic (exact) mass is 603 g/mol. The lowest BCUT2D eigenvalue weighted by Gasteiger charge is -2.46. The number of carbonyl (C=O) groups excluding carboxylic acids is 1. The van der Waals surface area contributed by atoms with Crippen molar-refractivity contribution in [3.05, 3.63) is 59.2 Å². The van der Waals surface area contributed by atoms with E-state index >= 15 is 0 Å². The molecule has 0 aliphatic carbocycles. The number of amides is 2. The Bertz CT molecular complexity index is 1490. The van der Waals surface area contributed by atoms with Crippen LogP contribution in [0.15, 0.2) is 48.7 Å². The first-order valence-electron chi connectivity index (χ1n) is 13.6. The third kappa shape index (κ3) is 5.83. The average Bonchev–Trinajstić information content (AvgIpc) is 3.31.